The van der Waals surface area contributed by atoms with Gasteiger partial charge in [-0.25, -0.2) is 0 Å². The highest BCUT2D eigenvalue weighted by atomic mass is 16.6. The topological polar surface area (TPSA) is 102 Å². The Labute approximate surface area is 315 Å². The van der Waals surface area contributed by atoms with Gasteiger partial charge in [0, 0.05) is 19.3 Å². The lowest BCUT2D eigenvalue weighted by molar-refractivity contribution is -0.889. The molecule has 8 nitrogen and oxygen atoms in total. The quantitative estimate of drug-likeness (QED) is 0.0353. The predicted octanol–water partition coefficient (Wildman–Crippen LogP) is 10.0. The molecule has 0 spiro atoms. The molecule has 0 rings (SSSR count). The van der Waals surface area contributed by atoms with Crippen molar-refractivity contribution in [2.75, 3.05) is 41.0 Å². The molecule has 0 radical (unpaired) electrons. The Kier molecular flexibility index (Phi) is 34.2. The molecular weight excluding hydrogens is 642 g/mol. The normalized spacial score (nSPS) is 12.9. The third-order valence-corrected chi connectivity index (χ3v) is 9.99. The van der Waals surface area contributed by atoms with Crippen LogP contribution in [0, 0.1) is 0 Å². The SMILES string of the molecule is CCCCCCCCCCCCCCCCCCCCCCCCCCC(=O)OC(COCCC(C(=O)[O-])[N+](C)(C)C)COC(=O)CCCCC. The number of carboxylic acid groups (broad SMARTS) is 1. The lowest BCUT2D eigenvalue weighted by atomic mass is 10.0. The van der Waals surface area contributed by atoms with E-state index in [1.807, 2.05) is 0 Å². The summed E-state index contributed by atoms with van der Waals surface area (Å²) in [6.45, 7) is 4.52. The molecule has 0 aromatic rings. The average Bonchev–Trinajstić information content (AvgIpc) is 3.08. The van der Waals surface area contributed by atoms with E-state index in [4.69, 9.17) is 14.2 Å². The number of likely N-dealkylation sites (N-methyl/N-ethyl adjacent to an activating group) is 1. The highest BCUT2D eigenvalue weighted by Gasteiger charge is 2.25. The van der Waals surface area contributed by atoms with Crippen molar-refractivity contribution in [1.29, 1.82) is 0 Å². The molecule has 8 heteroatoms. The Balaban J connectivity index is 3.90. The van der Waals surface area contributed by atoms with E-state index in [2.05, 4.69) is 13.8 Å². The molecule has 2 unspecified atom stereocenters. The van der Waals surface area contributed by atoms with Gasteiger partial charge in [-0.3, -0.25) is 9.59 Å². The van der Waals surface area contributed by atoms with Crippen molar-refractivity contribution in [3.63, 3.8) is 0 Å². The second-order valence-corrected chi connectivity index (χ2v) is 15.9. The molecule has 0 aromatic carbocycles. The molecule has 0 aliphatic carbocycles. The summed E-state index contributed by atoms with van der Waals surface area (Å²) in [6.07, 6.45) is 35.0. The molecule has 0 fully saturated rings. The van der Waals surface area contributed by atoms with E-state index in [9.17, 15) is 19.5 Å². The van der Waals surface area contributed by atoms with E-state index >= 15 is 0 Å². The minimum Gasteiger partial charge on any atom is -0.544 e. The van der Waals surface area contributed by atoms with Gasteiger partial charge in [-0.05, 0) is 12.8 Å². The van der Waals surface area contributed by atoms with Gasteiger partial charge in [-0.15, -0.1) is 0 Å². The Bertz CT molecular complexity index is 813. The number of rotatable bonds is 39. The number of hydrogen-bond acceptors (Lipinski definition) is 7. The third kappa shape index (κ3) is 33.9. The van der Waals surface area contributed by atoms with E-state index in [0.717, 1.165) is 38.5 Å². The van der Waals surface area contributed by atoms with Crippen LogP contribution in [0.1, 0.15) is 206 Å². The maximum Gasteiger partial charge on any atom is 0.306 e. The first kappa shape index (κ1) is 49.3. The van der Waals surface area contributed by atoms with Gasteiger partial charge < -0.3 is 28.6 Å². The number of quaternary nitrogens is 1. The summed E-state index contributed by atoms with van der Waals surface area (Å²) in [5.41, 5.74) is 0. The minimum absolute atomic E-state index is 0.0460. The van der Waals surface area contributed by atoms with E-state index in [1.165, 1.54) is 135 Å². The predicted molar refractivity (Wildman–Crippen MR) is 208 cm³/mol. The van der Waals surface area contributed by atoms with E-state index in [0.29, 0.717) is 12.8 Å². The smallest absolute Gasteiger partial charge is 0.306 e. The average molecular weight is 726 g/mol. The van der Waals surface area contributed by atoms with Gasteiger partial charge in [-0.2, -0.15) is 0 Å². The van der Waals surface area contributed by atoms with E-state index in [1.54, 1.807) is 21.1 Å². The summed E-state index contributed by atoms with van der Waals surface area (Å²) >= 11 is 0. The fraction of sp³-hybridized carbons (Fsp3) is 0.930. The van der Waals surface area contributed by atoms with Crippen LogP contribution in [0.15, 0.2) is 0 Å². The monoisotopic (exact) mass is 726 g/mol. The van der Waals surface area contributed by atoms with E-state index in [-0.39, 0.29) is 42.7 Å². The lowest BCUT2D eigenvalue weighted by Crippen LogP contribution is -2.55. The van der Waals surface area contributed by atoms with Crippen molar-refractivity contribution in [3.05, 3.63) is 0 Å². The van der Waals surface area contributed by atoms with Crippen molar-refractivity contribution in [1.82, 2.24) is 0 Å². The standard InChI is InChI=1S/C43H83NO7/c1-6-8-10-11-12-13-14-15-16-17-18-19-20-21-22-23-24-25-26-27-28-29-30-32-34-42(46)51-39(38-50-41(45)33-31-9-7-2)37-49-36-35-40(43(47)48)44(3,4)5/h39-40H,6-38H2,1-5H3. The van der Waals surface area contributed by atoms with Crippen molar-refractivity contribution >= 4 is 17.9 Å². The highest BCUT2D eigenvalue weighted by molar-refractivity contribution is 5.70. The second-order valence-electron chi connectivity index (χ2n) is 15.9. The molecule has 0 N–H and O–H groups in total. The Morgan fingerprint density at radius 1 is 0.510 bits per heavy atom. The number of esters is 2. The zero-order chi connectivity index (χ0) is 37.8. The summed E-state index contributed by atoms with van der Waals surface area (Å²) < 4.78 is 16.9. The summed E-state index contributed by atoms with van der Waals surface area (Å²) in [5, 5.41) is 11.5. The molecule has 0 bridgehead atoms. The van der Waals surface area contributed by atoms with Gasteiger partial charge in [-0.1, -0.05) is 174 Å². The van der Waals surface area contributed by atoms with Gasteiger partial charge >= 0.3 is 11.9 Å². The van der Waals surface area contributed by atoms with Crippen molar-refractivity contribution in [3.8, 4) is 0 Å². The van der Waals surface area contributed by atoms with Gasteiger partial charge in [0.1, 0.15) is 12.6 Å². The molecule has 0 heterocycles. The van der Waals surface area contributed by atoms with Gasteiger partial charge in [0.25, 0.3) is 0 Å². The van der Waals surface area contributed by atoms with Crippen LogP contribution >= 0.6 is 0 Å². The number of nitrogens with zero attached hydrogens (tertiary/aromatic N) is 1. The summed E-state index contributed by atoms with van der Waals surface area (Å²) in [6, 6.07) is -0.717. The molecule has 0 saturated heterocycles. The Morgan fingerprint density at radius 3 is 1.25 bits per heavy atom. The lowest BCUT2D eigenvalue weighted by Gasteiger charge is -2.34. The maximum atomic E-state index is 12.6. The van der Waals surface area contributed by atoms with Gasteiger partial charge in [0.2, 0.25) is 0 Å². The fourth-order valence-electron chi connectivity index (χ4n) is 6.60. The van der Waals surface area contributed by atoms with E-state index < -0.39 is 18.1 Å². The number of carboxylic acids is 1. The summed E-state index contributed by atoms with van der Waals surface area (Å²) in [5.74, 6) is -1.75. The van der Waals surface area contributed by atoms with Crippen LogP contribution < -0.4 is 5.11 Å². The molecular formula is C43H83NO7. The van der Waals surface area contributed by atoms with Crippen LogP contribution in [0.25, 0.3) is 0 Å². The number of carbonyl (C=O) groups is 3. The Hall–Kier alpha value is -1.67. The van der Waals surface area contributed by atoms with Crippen molar-refractivity contribution in [2.45, 2.75) is 219 Å². The first-order chi connectivity index (χ1) is 24.6. The second kappa shape index (κ2) is 35.4. The van der Waals surface area contributed by atoms with Crippen LogP contribution in [-0.2, 0) is 28.6 Å². The third-order valence-electron chi connectivity index (χ3n) is 9.99. The maximum absolute atomic E-state index is 12.6. The molecule has 0 saturated carbocycles. The van der Waals surface area contributed by atoms with Crippen molar-refractivity contribution < 1.29 is 38.2 Å². The molecule has 0 amide bonds. The zero-order valence-corrected chi connectivity index (χ0v) is 34.3. The molecule has 2 atom stereocenters. The number of hydrogen-bond donors (Lipinski definition) is 0. The van der Waals surface area contributed by atoms with Crippen LogP contribution in [0.2, 0.25) is 0 Å². The minimum atomic E-state index is -1.12. The number of unbranched alkanes of at least 4 members (excludes halogenated alkanes) is 25. The first-order valence-electron chi connectivity index (χ1n) is 21.6. The zero-order valence-electron chi connectivity index (χ0n) is 34.3. The summed E-state index contributed by atoms with van der Waals surface area (Å²) in [7, 11) is 5.39. The molecule has 0 aliphatic heterocycles. The highest BCUT2D eigenvalue weighted by Crippen LogP contribution is 2.16. The molecule has 0 aliphatic rings. The van der Waals surface area contributed by atoms with Crippen LogP contribution in [0.3, 0.4) is 0 Å². The Morgan fingerprint density at radius 2 is 0.863 bits per heavy atom. The largest absolute Gasteiger partial charge is 0.544 e. The molecule has 0 aromatic heterocycles. The van der Waals surface area contributed by atoms with Crippen LogP contribution in [0.4, 0.5) is 0 Å². The van der Waals surface area contributed by atoms with Crippen molar-refractivity contribution in [2.24, 2.45) is 0 Å². The molecule has 302 valence electrons. The van der Waals surface area contributed by atoms with Crippen LogP contribution in [-0.4, -0.2) is 75.5 Å². The number of aliphatic carboxylic acids is 1. The number of ether oxygens (including phenoxy) is 3. The van der Waals surface area contributed by atoms with Gasteiger partial charge in [0.05, 0.1) is 40.3 Å². The van der Waals surface area contributed by atoms with Crippen LogP contribution in [0.5, 0.6) is 0 Å². The van der Waals surface area contributed by atoms with Gasteiger partial charge in [0.15, 0.2) is 6.10 Å². The molecule has 51 heavy (non-hydrogen) atoms. The summed E-state index contributed by atoms with van der Waals surface area (Å²) in [4.78, 5) is 36.2. The fourth-order valence-corrected chi connectivity index (χ4v) is 6.60. The number of carbonyl (C=O) groups excluding carboxylic acids is 3. The first-order valence-corrected chi connectivity index (χ1v) is 21.6.